The Bertz CT molecular complexity index is 441. The number of primary amides is 1. The molecule has 0 unspecified atom stereocenters. The van der Waals surface area contributed by atoms with E-state index in [9.17, 15) is 4.79 Å². The molecule has 0 spiro atoms. The molecule has 2 rings (SSSR count). The van der Waals surface area contributed by atoms with Crippen LogP contribution in [0.5, 0.6) is 0 Å². The van der Waals surface area contributed by atoms with Crippen molar-refractivity contribution in [3.63, 3.8) is 0 Å². The Balaban J connectivity index is 2.25. The van der Waals surface area contributed by atoms with Gasteiger partial charge in [0.1, 0.15) is 5.69 Å². The van der Waals surface area contributed by atoms with Crippen LogP contribution in [0, 0.1) is 0 Å². The molecule has 4 N–H and O–H groups in total. The fourth-order valence-electron chi connectivity index (χ4n) is 2.52. The van der Waals surface area contributed by atoms with E-state index in [4.69, 9.17) is 11.5 Å². The van der Waals surface area contributed by atoms with Crippen LogP contribution < -0.4 is 16.4 Å². The lowest BCUT2D eigenvalue weighted by atomic mass is 9.94. The Morgan fingerprint density at radius 2 is 2.00 bits per heavy atom. The van der Waals surface area contributed by atoms with Crippen LogP contribution in [0.2, 0.25) is 0 Å². The van der Waals surface area contributed by atoms with E-state index in [1.54, 1.807) is 12.1 Å². The SMILES string of the molecule is CN(c1nc(C(N)=O)ccc1N)C1CCCCC1. The molecule has 0 saturated heterocycles. The molecule has 1 saturated carbocycles. The number of aromatic nitrogens is 1. The number of nitrogen functional groups attached to an aromatic ring is 1. The standard InChI is InChI=1S/C13H20N4O/c1-17(9-5-3-2-4-6-9)13-10(14)7-8-11(16-13)12(15)18/h7-9H,2-6,14H2,1H3,(H2,15,18). The molecule has 0 aromatic carbocycles. The van der Waals surface area contributed by atoms with Gasteiger partial charge in [0.05, 0.1) is 5.69 Å². The molecule has 1 fully saturated rings. The van der Waals surface area contributed by atoms with Crippen LogP contribution >= 0.6 is 0 Å². The van der Waals surface area contributed by atoms with E-state index in [2.05, 4.69) is 9.88 Å². The minimum atomic E-state index is -0.520. The molecule has 1 aliphatic rings. The summed E-state index contributed by atoms with van der Waals surface area (Å²) in [5.74, 6) is 0.145. The molecule has 1 heterocycles. The second-order valence-corrected chi connectivity index (χ2v) is 4.88. The first kappa shape index (κ1) is 12.7. The summed E-state index contributed by atoms with van der Waals surface area (Å²) in [6.45, 7) is 0. The molecule has 0 bridgehead atoms. The third kappa shape index (κ3) is 2.55. The zero-order chi connectivity index (χ0) is 13.1. The van der Waals surface area contributed by atoms with Gasteiger partial charge in [0.15, 0.2) is 5.82 Å². The number of hydrogen-bond acceptors (Lipinski definition) is 4. The van der Waals surface area contributed by atoms with Gasteiger partial charge in [-0.1, -0.05) is 19.3 Å². The van der Waals surface area contributed by atoms with Gasteiger partial charge in [-0.05, 0) is 25.0 Å². The van der Waals surface area contributed by atoms with Gasteiger partial charge in [-0.15, -0.1) is 0 Å². The van der Waals surface area contributed by atoms with Gasteiger partial charge in [0.25, 0.3) is 5.91 Å². The Morgan fingerprint density at radius 1 is 1.33 bits per heavy atom. The van der Waals surface area contributed by atoms with Crippen molar-refractivity contribution >= 4 is 17.4 Å². The monoisotopic (exact) mass is 248 g/mol. The Morgan fingerprint density at radius 3 is 2.61 bits per heavy atom. The van der Waals surface area contributed by atoms with E-state index >= 15 is 0 Å². The smallest absolute Gasteiger partial charge is 0.267 e. The van der Waals surface area contributed by atoms with Gasteiger partial charge in [-0.3, -0.25) is 4.79 Å². The van der Waals surface area contributed by atoms with Gasteiger partial charge >= 0.3 is 0 Å². The van der Waals surface area contributed by atoms with Crippen molar-refractivity contribution < 1.29 is 4.79 Å². The summed E-state index contributed by atoms with van der Waals surface area (Å²) < 4.78 is 0. The summed E-state index contributed by atoms with van der Waals surface area (Å²) in [7, 11) is 1.99. The van der Waals surface area contributed by atoms with E-state index in [-0.39, 0.29) is 5.69 Å². The van der Waals surface area contributed by atoms with Gasteiger partial charge in [0, 0.05) is 13.1 Å². The number of nitrogens with two attached hydrogens (primary N) is 2. The molecule has 5 heteroatoms. The zero-order valence-electron chi connectivity index (χ0n) is 10.7. The fourth-order valence-corrected chi connectivity index (χ4v) is 2.52. The zero-order valence-corrected chi connectivity index (χ0v) is 10.7. The van der Waals surface area contributed by atoms with Crippen molar-refractivity contribution in [2.45, 2.75) is 38.1 Å². The summed E-state index contributed by atoms with van der Waals surface area (Å²) in [5.41, 5.74) is 12.0. The van der Waals surface area contributed by atoms with Crippen LogP contribution in [0.4, 0.5) is 11.5 Å². The quantitative estimate of drug-likeness (QED) is 0.849. The highest BCUT2D eigenvalue weighted by molar-refractivity contribution is 5.91. The fraction of sp³-hybridized carbons (Fsp3) is 0.538. The van der Waals surface area contributed by atoms with Gasteiger partial charge in [-0.25, -0.2) is 4.98 Å². The molecule has 18 heavy (non-hydrogen) atoms. The van der Waals surface area contributed by atoms with E-state index in [1.807, 2.05) is 7.05 Å². The lowest BCUT2D eigenvalue weighted by Crippen LogP contribution is -2.34. The molecule has 0 radical (unpaired) electrons. The maximum absolute atomic E-state index is 11.2. The van der Waals surface area contributed by atoms with E-state index in [0.717, 1.165) is 12.8 Å². The summed E-state index contributed by atoms with van der Waals surface area (Å²) in [5, 5.41) is 0. The number of anilines is 2. The summed E-state index contributed by atoms with van der Waals surface area (Å²) in [6.07, 6.45) is 6.08. The Labute approximate surface area is 107 Å². The molecule has 0 aliphatic heterocycles. The van der Waals surface area contributed by atoms with Crippen LogP contribution in [0.25, 0.3) is 0 Å². The van der Waals surface area contributed by atoms with Crippen molar-refractivity contribution in [3.8, 4) is 0 Å². The molecule has 1 amide bonds. The average Bonchev–Trinajstić information content (AvgIpc) is 2.39. The van der Waals surface area contributed by atoms with Crippen LogP contribution in [0.1, 0.15) is 42.6 Å². The van der Waals surface area contributed by atoms with E-state index in [0.29, 0.717) is 17.5 Å². The highest BCUT2D eigenvalue weighted by Gasteiger charge is 2.21. The Hall–Kier alpha value is -1.78. The van der Waals surface area contributed by atoms with Crippen molar-refractivity contribution in [2.24, 2.45) is 5.73 Å². The lowest BCUT2D eigenvalue weighted by Gasteiger charge is -2.32. The van der Waals surface area contributed by atoms with E-state index < -0.39 is 5.91 Å². The first-order valence-electron chi connectivity index (χ1n) is 6.38. The summed E-state index contributed by atoms with van der Waals surface area (Å²) >= 11 is 0. The van der Waals surface area contributed by atoms with Crippen molar-refractivity contribution in [3.05, 3.63) is 17.8 Å². The minimum absolute atomic E-state index is 0.266. The third-order valence-electron chi connectivity index (χ3n) is 3.61. The number of nitrogens with zero attached hydrogens (tertiary/aromatic N) is 2. The summed E-state index contributed by atoms with van der Waals surface area (Å²) in [4.78, 5) is 17.5. The Kier molecular flexibility index (Phi) is 3.69. The number of rotatable bonds is 3. The lowest BCUT2D eigenvalue weighted by molar-refractivity contribution is 0.0995. The number of pyridine rings is 1. The first-order chi connectivity index (χ1) is 8.59. The molecule has 0 atom stereocenters. The molecule has 1 aliphatic carbocycles. The minimum Gasteiger partial charge on any atom is -0.396 e. The van der Waals surface area contributed by atoms with Crippen LogP contribution in [0.3, 0.4) is 0 Å². The number of hydrogen-bond donors (Lipinski definition) is 2. The van der Waals surface area contributed by atoms with Crippen LogP contribution in [-0.2, 0) is 0 Å². The molecule has 5 nitrogen and oxygen atoms in total. The summed E-state index contributed by atoms with van der Waals surface area (Å²) in [6, 6.07) is 3.72. The third-order valence-corrected chi connectivity index (χ3v) is 3.61. The molecule has 1 aromatic rings. The number of carbonyl (C=O) groups is 1. The predicted molar refractivity (Wildman–Crippen MR) is 72.4 cm³/mol. The van der Waals surface area contributed by atoms with E-state index in [1.165, 1.54) is 19.3 Å². The molecular weight excluding hydrogens is 228 g/mol. The second kappa shape index (κ2) is 5.25. The molecule has 98 valence electrons. The second-order valence-electron chi connectivity index (χ2n) is 4.88. The van der Waals surface area contributed by atoms with Crippen molar-refractivity contribution in [1.29, 1.82) is 0 Å². The maximum atomic E-state index is 11.2. The number of amides is 1. The van der Waals surface area contributed by atoms with Gasteiger partial charge in [0.2, 0.25) is 0 Å². The van der Waals surface area contributed by atoms with Crippen LogP contribution in [0.15, 0.2) is 12.1 Å². The topological polar surface area (TPSA) is 85.2 Å². The first-order valence-corrected chi connectivity index (χ1v) is 6.38. The largest absolute Gasteiger partial charge is 0.396 e. The average molecular weight is 248 g/mol. The normalized spacial score (nSPS) is 16.5. The molecule has 1 aromatic heterocycles. The van der Waals surface area contributed by atoms with Gasteiger partial charge in [-0.2, -0.15) is 0 Å². The van der Waals surface area contributed by atoms with Crippen molar-refractivity contribution in [2.75, 3.05) is 17.7 Å². The van der Waals surface area contributed by atoms with Crippen LogP contribution in [-0.4, -0.2) is 24.0 Å². The maximum Gasteiger partial charge on any atom is 0.267 e. The molecular formula is C13H20N4O. The number of carbonyl (C=O) groups excluding carboxylic acids is 1. The predicted octanol–water partition coefficient (Wildman–Crippen LogP) is 1.53. The highest BCUT2D eigenvalue weighted by atomic mass is 16.1. The van der Waals surface area contributed by atoms with Crippen molar-refractivity contribution in [1.82, 2.24) is 4.98 Å². The van der Waals surface area contributed by atoms with Gasteiger partial charge < -0.3 is 16.4 Å². The highest BCUT2D eigenvalue weighted by Crippen LogP contribution is 2.28.